The number of hydrogen-bond acceptors (Lipinski definition) is 5. The van der Waals surface area contributed by atoms with Crippen LogP contribution in [-0.4, -0.2) is 29.1 Å². The van der Waals surface area contributed by atoms with Crippen molar-refractivity contribution in [2.24, 2.45) is 11.8 Å². The molecule has 0 bridgehead atoms. The summed E-state index contributed by atoms with van der Waals surface area (Å²) in [7, 11) is 1.61. The molecule has 1 heterocycles. The van der Waals surface area contributed by atoms with Gasteiger partial charge in [-0.3, -0.25) is 9.59 Å². The number of carboxylic acid groups (broad SMARTS) is 1. The fourth-order valence-electron chi connectivity index (χ4n) is 3.18. The second-order valence-corrected chi connectivity index (χ2v) is 6.95. The molecule has 1 aliphatic rings. The third-order valence-electron chi connectivity index (χ3n) is 4.52. The number of hydrogen-bond donors (Lipinski definition) is 2. The van der Waals surface area contributed by atoms with Gasteiger partial charge in [0.15, 0.2) is 5.13 Å². The number of rotatable bonds is 5. The Morgan fingerprint density at radius 1 is 1.28 bits per heavy atom. The molecule has 6 nitrogen and oxygen atoms in total. The third kappa shape index (κ3) is 3.99. The highest BCUT2D eigenvalue weighted by Crippen LogP contribution is 2.32. The number of carbonyl (C=O) groups is 2. The summed E-state index contributed by atoms with van der Waals surface area (Å²) >= 11 is 1.33. The van der Waals surface area contributed by atoms with Crippen LogP contribution in [-0.2, 0) is 9.59 Å². The Labute approximate surface area is 149 Å². The summed E-state index contributed by atoms with van der Waals surface area (Å²) in [5.41, 5.74) is 1.65. The molecule has 2 N–H and O–H groups in total. The lowest BCUT2D eigenvalue weighted by atomic mass is 9.79. The van der Waals surface area contributed by atoms with Crippen molar-refractivity contribution in [1.82, 2.24) is 4.98 Å². The second-order valence-electron chi connectivity index (χ2n) is 6.09. The molecule has 3 rings (SSSR count). The van der Waals surface area contributed by atoms with Crippen LogP contribution in [0.15, 0.2) is 29.6 Å². The van der Waals surface area contributed by atoms with Crippen LogP contribution in [0.5, 0.6) is 5.75 Å². The largest absolute Gasteiger partial charge is 0.497 e. The lowest BCUT2D eigenvalue weighted by molar-refractivity contribution is -0.147. The van der Waals surface area contributed by atoms with Gasteiger partial charge in [0.25, 0.3) is 0 Å². The van der Waals surface area contributed by atoms with Crippen LogP contribution in [0.4, 0.5) is 5.13 Å². The van der Waals surface area contributed by atoms with E-state index in [2.05, 4.69) is 10.3 Å². The molecule has 1 fully saturated rings. The summed E-state index contributed by atoms with van der Waals surface area (Å²) < 4.78 is 5.21. The van der Waals surface area contributed by atoms with Gasteiger partial charge in [-0.15, -0.1) is 11.3 Å². The van der Waals surface area contributed by atoms with Crippen molar-refractivity contribution in [3.8, 4) is 17.0 Å². The van der Waals surface area contributed by atoms with Gasteiger partial charge in [-0.2, -0.15) is 0 Å². The SMILES string of the molecule is COc1cccc(-c2csc(NC(=O)C3CCCCC3C(=O)O)n2)c1. The van der Waals surface area contributed by atoms with E-state index in [0.29, 0.717) is 18.0 Å². The molecular weight excluding hydrogens is 340 g/mol. The minimum absolute atomic E-state index is 0.251. The van der Waals surface area contributed by atoms with E-state index in [1.54, 1.807) is 7.11 Å². The Kier molecular flexibility index (Phi) is 5.33. The first kappa shape index (κ1) is 17.4. The fraction of sp³-hybridized carbons (Fsp3) is 0.389. The van der Waals surface area contributed by atoms with Gasteiger partial charge in [0.05, 0.1) is 24.6 Å². The van der Waals surface area contributed by atoms with Crippen molar-refractivity contribution in [3.63, 3.8) is 0 Å². The van der Waals surface area contributed by atoms with E-state index >= 15 is 0 Å². The van der Waals surface area contributed by atoms with E-state index in [1.807, 2.05) is 29.6 Å². The maximum absolute atomic E-state index is 12.5. The smallest absolute Gasteiger partial charge is 0.307 e. The van der Waals surface area contributed by atoms with Crippen LogP contribution in [0.1, 0.15) is 25.7 Å². The van der Waals surface area contributed by atoms with Crippen LogP contribution in [0, 0.1) is 11.8 Å². The first-order valence-corrected chi connectivity index (χ1v) is 9.10. The first-order chi connectivity index (χ1) is 12.1. The molecule has 132 valence electrons. The van der Waals surface area contributed by atoms with Crippen LogP contribution in [0.2, 0.25) is 0 Å². The van der Waals surface area contributed by atoms with E-state index < -0.39 is 17.8 Å². The molecule has 2 unspecified atom stereocenters. The third-order valence-corrected chi connectivity index (χ3v) is 5.28. The summed E-state index contributed by atoms with van der Waals surface area (Å²) in [5.74, 6) is -1.50. The molecule has 1 amide bonds. The summed E-state index contributed by atoms with van der Waals surface area (Å²) in [6.45, 7) is 0. The molecule has 2 aromatic rings. The van der Waals surface area contributed by atoms with Crippen molar-refractivity contribution in [2.75, 3.05) is 12.4 Å². The first-order valence-electron chi connectivity index (χ1n) is 8.22. The molecule has 25 heavy (non-hydrogen) atoms. The monoisotopic (exact) mass is 360 g/mol. The molecule has 1 aromatic carbocycles. The summed E-state index contributed by atoms with van der Waals surface area (Å²) in [6, 6.07) is 7.53. The molecule has 0 aliphatic heterocycles. The van der Waals surface area contributed by atoms with Gasteiger partial charge in [0.1, 0.15) is 5.75 Å². The average Bonchev–Trinajstić information content (AvgIpc) is 3.10. The minimum Gasteiger partial charge on any atom is -0.497 e. The van der Waals surface area contributed by atoms with Crippen LogP contribution in [0.25, 0.3) is 11.3 Å². The number of nitrogens with one attached hydrogen (secondary N) is 1. The van der Waals surface area contributed by atoms with Crippen molar-refractivity contribution >= 4 is 28.3 Å². The number of ether oxygens (including phenoxy) is 1. The Hall–Kier alpha value is -2.41. The van der Waals surface area contributed by atoms with Crippen molar-refractivity contribution in [2.45, 2.75) is 25.7 Å². The maximum atomic E-state index is 12.5. The zero-order valence-electron chi connectivity index (χ0n) is 13.9. The predicted octanol–water partition coefficient (Wildman–Crippen LogP) is 3.65. The number of methoxy groups -OCH3 is 1. The quantitative estimate of drug-likeness (QED) is 0.850. The number of anilines is 1. The van der Waals surface area contributed by atoms with E-state index in [9.17, 15) is 14.7 Å². The lowest BCUT2D eigenvalue weighted by Crippen LogP contribution is -2.36. The highest BCUT2D eigenvalue weighted by Gasteiger charge is 2.35. The Morgan fingerprint density at radius 2 is 2.04 bits per heavy atom. The topological polar surface area (TPSA) is 88.5 Å². The molecule has 1 aromatic heterocycles. The highest BCUT2D eigenvalue weighted by molar-refractivity contribution is 7.14. The summed E-state index contributed by atoms with van der Waals surface area (Å²) in [5, 5.41) is 14.5. The number of benzene rings is 1. The second kappa shape index (κ2) is 7.65. The van der Waals surface area contributed by atoms with E-state index in [-0.39, 0.29) is 5.91 Å². The van der Waals surface area contributed by atoms with Crippen molar-refractivity contribution in [3.05, 3.63) is 29.6 Å². The number of aliphatic carboxylic acids is 1. The zero-order valence-corrected chi connectivity index (χ0v) is 14.7. The van der Waals surface area contributed by atoms with Crippen molar-refractivity contribution < 1.29 is 19.4 Å². The number of carboxylic acids is 1. The maximum Gasteiger partial charge on any atom is 0.307 e. The Bertz CT molecular complexity index is 774. The van der Waals surface area contributed by atoms with Gasteiger partial charge >= 0.3 is 5.97 Å². The standard InChI is InChI=1S/C18H20N2O4S/c1-24-12-6-4-5-11(9-12)15-10-25-18(19-15)20-16(21)13-7-2-3-8-14(13)17(22)23/h4-6,9-10,13-14H,2-3,7-8H2,1H3,(H,22,23)(H,19,20,21). The van der Waals surface area contributed by atoms with Gasteiger partial charge in [-0.05, 0) is 25.0 Å². The van der Waals surface area contributed by atoms with E-state index in [4.69, 9.17) is 4.74 Å². The molecule has 2 atom stereocenters. The highest BCUT2D eigenvalue weighted by atomic mass is 32.1. The molecule has 0 saturated heterocycles. The van der Waals surface area contributed by atoms with Gasteiger partial charge in [0.2, 0.25) is 5.91 Å². The summed E-state index contributed by atoms with van der Waals surface area (Å²) in [4.78, 5) is 28.3. The average molecular weight is 360 g/mol. The molecule has 0 spiro atoms. The number of thiazole rings is 1. The molecule has 1 aliphatic carbocycles. The van der Waals surface area contributed by atoms with Gasteiger partial charge < -0.3 is 15.2 Å². The van der Waals surface area contributed by atoms with Crippen LogP contribution < -0.4 is 10.1 Å². The van der Waals surface area contributed by atoms with E-state index in [1.165, 1.54) is 11.3 Å². The summed E-state index contributed by atoms with van der Waals surface area (Å²) in [6.07, 6.45) is 2.91. The van der Waals surface area contributed by atoms with Crippen LogP contribution >= 0.6 is 11.3 Å². The molecular formula is C18H20N2O4S. The Balaban J connectivity index is 1.72. The molecule has 1 saturated carbocycles. The van der Waals surface area contributed by atoms with Gasteiger partial charge in [0, 0.05) is 10.9 Å². The lowest BCUT2D eigenvalue weighted by Gasteiger charge is -2.26. The minimum atomic E-state index is -0.893. The zero-order chi connectivity index (χ0) is 17.8. The van der Waals surface area contributed by atoms with E-state index in [0.717, 1.165) is 29.8 Å². The molecule has 7 heteroatoms. The van der Waals surface area contributed by atoms with Gasteiger partial charge in [-0.1, -0.05) is 25.0 Å². The number of amides is 1. The number of nitrogens with zero attached hydrogens (tertiary/aromatic N) is 1. The van der Waals surface area contributed by atoms with Crippen LogP contribution in [0.3, 0.4) is 0 Å². The fourth-order valence-corrected chi connectivity index (χ4v) is 3.91. The van der Waals surface area contributed by atoms with Crippen molar-refractivity contribution in [1.29, 1.82) is 0 Å². The predicted molar refractivity (Wildman–Crippen MR) is 95.8 cm³/mol. The molecule has 0 radical (unpaired) electrons. The number of aromatic nitrogens is 1. The van der Waals surface area contributed by atoms with Gasteiger partial charge in [-0.25, -0.2) is 4.98 Å². The normalized spacial score (nSPS) is 20.0. The number of carbonyl (C=O) groups excluding carboxylic acids is 1. The Morgan fingerprint density at radius 3 is 2.76 bits per heavy atom.